The molecule has 5 aromatic rings. The standard InChI is InChI=1S/C25H20ClFN4O/c26-17-6-10-23-29-19(15-31(23)14-17)13-28-24(32)11-8-20-21-12-18(27)7-9-22(21)30-25(20)16-4-2-1-3-5-16/h1-7,9-10,12,14-15,30H,8,11,13H2,(H,28,32). The first kappa shape index (κ1) is 20.3. The number of amides is 1. The maximum absolute atomic E-state index is 13.9. The number of rotatable bonds is 6. The van der Waals surface area contributed by atoms with Crippen molar-refractivity contribution in [3.8, 4) is 11.3 Å². The van der Waals surface area contributed by atoms with Gasteiger partial charge in [-0.1, -0.05) is 41.9 Å². The van der Waals surface area contributed by atoms with Crippen LogP contribution in [0.2, 0.25) is 5.02 Å². The Morgan fingerprint density at radius 1 is 1.09 bits per heavy atom. The SMILES string of the molecule is O=C(CCc1c(-c2ccccc2)[nH]c2ccc(F)cc12)NCc1cn2cc(Cl)ccc2n1. The molecule has 0 saturated carbocycles. The van der Waals surface area contributed by atoms with Crippen molar-refractivity contribution in [1.29, 1.82) is 0 Å². The third-order valence-electron chi connectivity index (χ3n) is 5.46. The number of hydrogen-bond donors (Lipinski definition) is 2. The molecule has 32 heavy (non-hydrogen) atoms. The van der Waals surface area contributed by atoms with Crippen molar-refractivity contribution in [3.63, 3.8) is 0 Å². The van der Waals surface area contributed by atoms with Crippen LogP contribution in [-0.2, 0) is 17.8 Å². The lowest BCUT2D eigenvalue weighted by Gasteiger charge is -2.06. The zero-order valence-electron chi connectivity index (χ0n) is 17.1. The van der Waals surface area contributed by atoms with E-state index in [0.29, 0.717) is 18.0 Å². The number of H-pyrrole nitrogens is 1. The van der Waals surface area contributed by atoms with Crippen LogP contribution in [0.25, 0.3) is 27.8 Å². The van der Waals surface area contributed by atoms with Crippen molar-refractivity contribution < 1.29 is 9.18 Å². The number of aromatic nitrogens is 3. The number of fused-ring (bicyclic) bond motifs is 2. The molecule has 7 heteroatoms. The maximum Gasteiger partial charge on any atom is 0.220 e. The van der Waals surface area contributed by atoms with Gasteiger partial charge in [-0.2, -0.15) is 0 Å². The smallest absolute Gasteiger partial charge is 0.220 e. The molecule has 0 fully saturated rings. The van der Waals surface area contributed by atoms with Crippen molar-refractivity contribution in [2.75, 3.05) is 0 Å². The molecule has 0 unspecified atom stereocenters. The zero-order chi connectivity index (χ0) is 22.1. The summed E-state index contributed by atoms with van der Waals surface area (Å²) in [5, 5.41) is 4.34. The fourth-order valence-electron chi connectivity index (χ4n) is 3.95. The van der Waals surface area contributed by atoms with Gasteiger partial charge >= 0.3 is 0 Å². The fourth-order valence-corrected chi connectivity index (χ4v) is 4.12. The van der Waals surface area contributed by atoms with Gasteiger partial charge in [0.15, 0.2) is 0 Å². The third-order valence-corrected chi connectivity index (χ3v) is 5.69. The first-order valence-electron chi connectivity index (χ1n) is 10.3. The second kappa shape index (κ2) is 8.48. The van der Waals surface area contributed by atoms with Crippen LogP contribution in [-0.4, -0.2) is 20.3 Å². The monoisotopic (exact) mass is 446 g/mol. The van der Waals surface area contributed by atoms with Crippen molar-refractivity contribution in [2.24, 2.45) is 0 Å². The number of hydrogen-bond acceptors (Lipinski definition) is 2. The molecular formula is C25H20ClFN4O. The molecule has 0 bridgehead atoms. The minimum absolute atomic E-state index is 0.0927. The number of carbonyl (C=O) groups excluding carboxylic acids is 1. The number of aromatic amines is 1. The molecule has 0 aliphatic heterocycles. The Morgan fingerprint density at radius 3 is 2.78 bits per heavy atom. The second-order valence-corrected chi connectivity index (χ2v) is 8.09. The Morgan fingerprint density at radius 2 is 1.94 bits per heavy atom. The minimum atomic E-state index is -0.297. The Hall–Kier alpha value is -3.64. The number of pyridine rings is 1. The number of aryl methyl sites for hydroxylation is 1. The van der Waals surface area contributed by atoms with E-state index in [1.54, 1.807) is 18.3 Å². The lowest BCUT2D eigenvalue weighted by molar-refractivity contribution is -0.121. The Balaban J connectivity index is 1.32. The van der Waals surface area contributed by atoms with Crippen LogP contribution in [0.4, 0.5) is 4.39 Å². The molecule has 0 aliphatic rings. The molecule has 2 aromatic carbocycles. The number of imidazole rings is 1. The fraction of sp³-hybridized carbons (Fsp3) is 0.120. The van der Waals surface area contributed by atoms with Gasteiger partial charge in [-0.25, -0.2) is 9.37 Å². The van der Waals surface area contributed by atoms with E-state index in [-0.39, 0.29) is 18.1 Å². The van der Waals surface area contributed by atoms with Gasteiger partial charge in [-0.05, 0) is 47.9 Å². The number of nitrogens with zero attached hydrogens (tertiary/aromatic N) is 2. The molecule has 0 saturated heterocycles. The van der Waals surface area contributed by atoms with Crippen LogP contribution in [0.3, 0.4) is 0 Å². The molecule has 0 atom stereocenters. The largest absolute Gasteiger partial charge is 0.354 e. The number of benzene rings is 2. The Bertz CT molecular complexity index is 1420. The lowest BCUT2D eigenvalue weighted by atomic mass is 10.0. The van der Waals surface area contributed by atoms with E-state index in [9.17, 15) is 9.18 Å². The van der Waals surface area contributed by atoms with Crippen LogP contribution >= 0.6 is 11.6 Å². The predicted octanol–water partition coefficient (Wildman–Crippen LogP) is 5.52. The van der Waals surface area contributed by atoms with Crippen molar-refractivity contribution in [3.05, 3.63) is 95.2 Å². The average Bonchev–Trinajstić information content (AvgIpc) is 3.37. The molecule has 0 spiro atoms. The van der Waals surface area contributed by atoms with Crippen LogP contribution in [0.1, 0.15) is 17.7 Å². The van der Waals surface area contributed by atoms with E-state index in [2.05, 4.69) is 15.3 Å². The van der Waals surface area contributed by atoms with Gasteiger partial charge < -0.3 is 14.7 Å². The number of carbonyl (C=O) groups is 1. The van der Waals surface area contributed by atoms with Gasteiger partial charge in [0, 0.05) is 35.4 Å². The maximum atomic E-state index is 13.9. The molecule has 5 rings (SSSR count). The van der Waals surface area contributed by atoms with Gasteiger partial charge in [0.2, 0.25) is 5.91 Å². The highest BCUT2D eigenvalue weighted by Gasteiger charge is 2.15. The van der Waals surface area contributed by atoms with E-state index in [1.165, 1.54) is 12.1 Å². The van der Waals surface area contributed by atoms with Crippen LogP contribution in [0, 0.1) is 5.82 Å². The molecule has 0 radical (unpaired) electrons. The zero-order valence-corrected chi connectivity index (χ0v) is 17.9. The summed E-state index contributed by atoms with van der Waals surface area (Å²) in [5.41, 5.74) is 5.22. The summed E-state index contributed by atoms with van der Waals surface area (Å²) >= 11 is 6.01. The third kappa shape index (κ3) is 4.09. The molecule has 160 valence electrons. The lowest BCUT2D eigenvalue weighted by Crippen LogP contribution is -2.23. The summed E-state index contributed by atoms with van der Waals surface area (Å²) in [6.45, 7) is 0.326. The first-order valence-corrected chi connectivity index (χ1v) is 10.7. The highest BCUT2D eigenvalue weighted by molar-refractivity contribution is 6.30. The first-order chi connectivity index (χ1) is 15.6. The Labute approximate surface area is 188 Å². The second-order valence-electron chi connectivity index (χ2n) is 7.66. The molecule has 2 N–H and O–H groups in total. The van der Waals surface area contributed by atoms with Crippen LogP contribution < -0.4 is 5.32 Å². The number of halogens is 2. The van der Waals surface area contributed by atoms with Gasteiger partial charge in [-0.15, -0.1) is 0 Å². The quantitative estimate of drug-likeness (QED) is 0.360. The van der Waals surface area contributed by atoms with Gasteiger partial charge in [0.25, 0.3) is 0 Å². The summed E-state index contributed by atoms with van der Waals surface area (Å²) in [5.74, 6) is -0.390. The highest BCUT2D eigenvalue weighted by Crippen LogP contribution is 2.31. The normalized spacial score (nSPS) is 11.3. The van der Waals surface area contributed by atoms with Gasteiger partial charge in [0.1, 0.15) is 11.5 Å². The van der Waals surface area contributed by atoms with E-state index < -0.39 is 0 Å². The molecular weight excluding hydrogens is 427 g/mol. The van der Waals surface area contributed by atoms with E-state index >= 15 is 0 Å². The summed E-state index contributed by atoms with van der Waals surface area (Å²) in [6, 6.07) is 18.2. The summed E-state index contributed by atoms with van der Waals surface area (Å²) < 4.78 is 15.8. The molecule has 3 aromatic heterocycles. The molecule has 3 heterocycles. The number of nitrogens with one attached hydrogen (secondary N) is 2. The van der Waals surface area contributed by atoms with Crippen molar-refractivity contribution in [2.45, 2.75) is 19.4 Å². The Kier molecular flexibility index (Phi) is 5.37. The predicted molar refractivity (Wildman–Crippen MR) is 124 cm³/mol. The van der Waals surface area contributed by atoms with E-state index in [1.807, 2.05) is 47.0 Å². The molecule has 5 nitrogen and oxygen atoms in total. The van der Waals surface area contributed by atoms with E-state index in [4.69, 9.17) is 11.6 Å². The van der Waals surface area contributed by atoms with Crippen molar-refractivity contribution >= 4 is 34.1 Å². The average molecular weight is 447 g/mol. The van der Waals surface area contributed by atoms with Crippen molar-refractivity contribution in [1.82, 2.24) is 19.7 Å². The molecule has 0 aliphatic carbocycles. The van der Waals surface area contributed by atoms with Crippen LogP contribution in [0.5, 0.6) is 0 Å². The minimum Gasteiger partial charge on any atom is -0.354 e. The highest BCUT2D eigenvalue weighted by atomic mass is 35.5. The van der Waals surface area contributed by atoms with E-state index in [0.717, 1.165) is 39.1 Å². The molecule has 1 amide bonds. The van der Waals surface area contributed by atoms with Gasteiger partial charge in [-0.3, -0.25) is 4.79 Å². The van der Waals surface area contributed by atoms with Gasteiger partial charge in [0.05, 0.1) is 17.3 Å². The summed E-state index contributed by atoms with van der Waals surface area (Å²) in [4.78, 5) is 20.5. The van der Waals surface area contributed by atoms with Crippen LogP contribution in [0.15, 0.2) is 73.1 Å². The topological polar surface area (TPSA) is 62.2 Å². The summed E-state index contributed by atoms with van der Waals surface area (Å²) in [6.07, 6.45) is 4.39. The summed E-state index contributed by atoms with van der Waals surface area (Å²) in [7, 11) is 0.